The molecule has 1 aromatic rings. The third-order valence-electron chi connectivity index (χ3n) is 5.41. The van der Waals surface area contributed by atoms with Gasteiger partial charge in [0.25, 0.3) is 0 Å². The molecular weight excluding hydrogens is 258 g/mol. The third kappa shape index (κ3) is 4.04. The summed E-state index contributed by atoms with van der Waals surface area (Å²) in [4.78, 5) is 6.73. The van der Waals surface area contributed by atoms with Crippen LogP contribution in [-0.4, -0.2) is 28.5 Å². The summed E-state index contributed by atoms with van der Waals surface area (Å²) in [6.45, 7) is 7.43. The van der Waals surface area contributed by atoms with Crippen molar-refractivity contribution in [2.24, 2.45) is 11.7 Å². The lowest BCUT2D eigenvalue weighted by atomic mass is 9.87. The van der Waals surface area contributed by atoms with Gasteiger partial charge in [-0.15, -0.1) is 0 Å². The van der Waals surface area contributed by atoms with E-state index in [0.29, 0.717) is 0 Å². The highest BCUT2D eigenvalue weighted by molar-refractivity contribution is 5.10. The predicted molar refractivity (Wildman–Crippen MR) is 89.0 cm³/mol. The van der Waals surface area contributed by atoms with Crippen molar-refractivity contribution < 1.29 is 0 Å². The van der Waals surface area contributed by atoms with E-state index in [9.17, 15) is 0 Å². The zero-order chi connectivity index (χ0) is 15.1. The van der Waals surface area contributed by atoms with Crippen molar-refractivity contribution in [2.45, 2.75) is 64.5 Å². The second kappa shape index (κ2) is 7.90. The van der Waals surface area contributed by atoms with Crippen LogP contribution in [0.5, 0.6) is 0 Å². The van der Waals surface area contributed by atoms with Crippen molar-refractivity contribution in [2.75, 3.05) is 13.1 Å². The van der Waals surface area contributed by atoms with Crippen LogP contribution in [0.15, 0.2) is 24.5 Å². The first kappa shape index (κ1) is 16.4. The quantitative estimate of drug-likeness (QED) is 0.814. The standard InChI is InChI=1S/C18H31N3/c1-3-16-6-5-10-18(15-19,11-7-16)21(4-2)14-17-8-12-20-13-9-17/h8-9,12-13,16H,3-7,10-11,14-15,19H2,1-2H3. The van der Waals surface area contributed by atoms with Gasteiger partial charge in [0.1, 0.15) is 0 Å². The Hall–Kier alpha value is -0.930. The van der Waals surface area contributed by atoms with Crippen LogP contribution in [0.4, 0.5) is 0 Å². The largest absolute Gasteiger partial charge is 0.329 e. The van der Waals surface area contributed by atoms with E-state index >= 15 is 0 Å². The molecule has 2 atom stereocenters. The SMILES string of the molecule is CCC1CCCC(CN)(N(CC)Cc2ccncc2)CC1. The molecule has 2 rings (SSSR count). The zero-order valence-corrected chi connectivity index (χ0v) is 13.7. The summed E-state index contributed by atoms with van der Waals surface area (Å²) in [5.41, 5.74) is 7.81. The molecule has 2 N–H and O–H groups in total. The molecule has 21 heavy (non-hydrogen) atoms. The van der Waals surface area contributed by atoms with Crippen molar-refractivity contribution in [3.05, 3.63) is 30.1 Å². The van der Waals surface area contributed by atoms with Gasteiger partial charge in [-0.2, -0.15) is 0 Å². The lowest BCUT2D eigenvalue weighted by Crippen LogP contribution is -2.53. The van der Waals surface area contributed by atoms with Crippen LogP contribution in [0.3, 0.4) is 0 Å². The van der Waals surface area contributed by atoms with Gasteiger partial charge < -0.3 is 5.73 Å². The van der Waals surface area contributed by atoms with Crippen LogP contribution in [0.1, 0.15) is 57.9 Å². The molecule has 0 bridgehead atoms. The number of nitrogens with two attached hydrogens (primary N) is 1. The van der Waals surface area contributed by atoms with Crippen molar-refractivity contribution in [3.63, 3.8) is 0 Å². The zero-order valence-electron chi connectivity index (χ0n) is 13.7. The second-order valence-electron chi connectivity index (χ2n) is 6.50. The highest BCUT2D eigenvalue weighted by Crippen LogP contribution is 2.36. The summed E-state index contributed by atoms with van der Waals surface area (Å²) in [5.74, 6) is 0.901. The number of rotatable bonds is 6. The van der Waals surface area contributed by atoms with Gasteiger partial charge in [-0.3, -0.25) is 9.88 Å². The van der Waals surface area contributed by atoms with Crippen molar-refractivity contribution >= 4 is 0 Å². The van der Waals surface area contributed by atoms with Gasteiger partial charge in [0.05, 0.1) is 0 Å². The second-order valence-corrected chi connectivity index (χ2v) is 6.50. The van der Waals surface area contributed by atoms with Crippen molar-refractivity contribution in [1.29, 1.82) is 0 Å². The Labute approximate surface area is 129 Å². The van der Waals surface area contributed by atoms with Gasteiger partial charge in [0, 0.05) is 31.0 Å². The van der Waals surface area contributed by atoms with Crippen molar-refractivity contribution in [3.8, 4) is 0 Å². The van der Waals surface area contributed by atoms with Gasteiger partial charge in [-0.1, -0.05) is 33.1 Å². The first-order valence-corrected chi connectivity index (χ1v) is 8.58. The van der Waals surface area contributed by atoms with Crippen molar-refractivity contribution in [1.82, 2.24) is 9.88 Å². The lowest BCUT2D eigenvalue weighted by Gasteiger charge is -2.43. The molecule has 1 saturated carbocycles. The summed E-state index contributed by atoms with van der Waals surface area (Å²) in [6, 6.07) is 4.25. The normalized spacial score (nSPS) is 26.8. The average molecular weight is 289 g/mol. The van der Waals surface area contributed by atoms with E-state index in [1.807, 2.05) is 12.4 Å². The van der Waals surface area contributed by atoms with E-state index in [1.54, 1.807) is 0 Å². The number of hydrogen-bond acceptors (Lipinski definition) is 3. The number of likely N-dealkylation sites (N-methyl/N-ethyl adjacent to an activating group) is 1. The first-order valence-electron chi connectivity index (χ1n) is 8.58. The maximum absolute atomic E-state index is 6.27. The molecule has 118 valence electrons. The Morgan fingerprint density at radius 2 is 2.00 bits per heavy atom. The number of hydrogen-bond donors (Lipinski definition) is 1. The first-order chi connectivity index (χ1) is 10.2. The predicted octanol–water partition coefficient (Wildman–Crippen LogP) is 3.59. The average Bonchev–Trinajstić information content (AvgIpc) is 2.76. The van der Waals surface area contributed by atoms with Crippen LogP contribution in [-0.2, 0) is 6.54 Å². The van der Waals surface area contributed by atoms with E-state index in [4.69, 9.17) is 5.73 Å². The number of nitrogens with zero attached hydrogens (tertiary/aromatic N) is 2. The molecule has 1 aromatic heterocycles. The number of aromatic nitrogens is 1. The molecule has 0 spiro atoms. The Morgan fingerprint density at radius 1 is 1.24 bits per heavy atom. The maximum Gasteiger partial charge on any atom is 0.0335 e. The summed E-state index contributed by atoms with van der Waals surface area (Å²) in [5, 5.41) is 0. The van der Waals surface area contributed by atoms with Crippen LogP contribution in [0.2, 0.25) is 0 Å². The summed E-state index contributed by atoms with van der Waals surface area (Å²) >= 11 is 0. The smallest absolute Gasteiger partial charge is 0.0335 e. The molecular formula is C18H31N3. The molecule has 0 saturated heterocycles. The highest BCUT2D eigenvalue weighted by Gasteiger charge is 2.36. The van der Waals surface area contributed by atoms with E-state index in [1.165, 1.54) is 44.1 Å². The van der Waals surface area contributed by atoms with Gasteiger partial charge in [0.2, 0.25) is 0 Å². The Kier molecular flexibility index (Phi) is 6.19. The molecule has 0 aliphatic heterocycles. The summed E-state index contributed by atoms with van der Waals surface area (Å²) in [7, 11) is 0. The fourth-order valence-corrected chi connectivity index (χ4v) is 3.84. The van der Waals surface area contributed by atoms with Gasteiger partial charge in [-0.25, -0.2) is 0 Å². The minimum atomic E-state index is 0.196. The van der Waals surface area contributed by atoms with Crippen LogP contribution in [0, 0.1) is 5.92 Å². The van der Waals surface area contributed by atoms with E-state index < -0.39 is 0 Å². The van der Waals surface area contributed by atoms with Crippen LogP contribution < -0.4 is 5.73 Å². The molecule has 0 aromatic carbocycles. The Balaban J connectivity index is 2.12. The lowest BCUT2D eigenvalue weighted by molar-refractivity contribution is 0.0745. The monoisotopic (exact) mass is 289 g/mol. The molecule has 1 fully saturated rings. The Bertz CT molecular complexity index is 406. The third-order valence-corrected chi connectivity index (χ3v) is 5.41. The molecule has 1 aliphatic rings. The minimum absolute atomic E-state index is 0.196. The molecule has 0 amide bonds. The van der Waals surface area contributed by atoms with Gasteiger partial charge in [0.15, 0.2) is 0 Å². The molecule has 1 aliphatic carbocycles. The van der Waals surface area contributed by atoms with Crippen LogP contribution >= 0.6 is 0 Å². The highest BCUT2D eigenvalue weighted by atomic mass is 15.2. The van der Waals surface area contributed by atoms with Crippen LogP contribution in [0.25, 0.3) is 0 Å². The summed E-state index contributed by atoms with van der Waals surface area (Å²) in [6.07, 6.45) is 11.6. The fraction of sp³-hybridized carbons (Fsp3) is 0.722. The fourth-order valence-electron chi connectivity index (χ4n) is 3.84. The van der Waals surface area contributed by atoms with E-state index in [2.05, 4.69) is 35.9 Å². The molecule has 2 unspecified atom stereocenters. The molecule has 1 heterocycles. The number of pyridine rings is 1. The topological polar surface area (TPSA) is 42.1 Å². The van der Waals surface area contributed by atoms with Gasteiger partial charge >= 0.3 is 0 Å². The molecule has 3 nitrogen and oxygen atoms in total. The Morgan fingerprint density at radius 3 is 2.62 bits per heavy atom. The minimum Gasteiger partial charge on any atom is -0.329 e. The summed E-state index contributed by atoms with van der Waals surface area (Å²) < 4.78 is 0. The molecule has 0 radical (unpaired) electrons. The van der Waals surface area contributed by atoms with Gasteiger partial charge in [-0.05, 0) is 49.4 Å². The van der Waals surface area contributed by atoms with E-state index in [-0.39, 0.29) is 5.54 Å². The van der Waals surface area contributed by atoms with E-state index in [0.717, 1.165) is 25.6 Å². The molecule has 3 heteroatoms. The maximum atomic E-state index is 6.27.